The molecule has 0 saturated heterocycles. The molecule has 4 bridgehead atoms. The van der Waals surface area contributed by atoms with Gasteiger partial charge in [0.1, 0.15) is 0 Å². The quantitative estimate of drug-likeness (QED) is 0.676. The van der Waals surface area contributed by atoms with Crippen molar-refractivity contribution in [3.8, 4) is 0 Å². The van der Waals surface area contributed by atoms with E-state index in [1.54, 1.807) is 0 Å². The lowest BCUT2D eigenvalue weighted by Gasteiger charge is -2.38. The standard InChI is InChI=1S/C25H38N2O2/c1-15(27-21(29)25-11-9-19(13-25)23(6,7)17(25)3)14-26-20(28)24-10-8-18(12-24)22(4,5)16(24)2/h15,18-19H,2-3,8-14H2,1,4-7H3,(H,26,28)(H,27,29)/t15-,18-,19-,24+,25-/m0/s1. The van der Waals surface area contributed by atoms with Crippen LogP contribution in [0.3, 0.4) is 0 Å². The van der Waals surface area contributed by atoms with Crippen molar-refractivity contribution in [3.05, 3.63) is 24.3 Å². The van der Waals surface area contributed by atoms with Gasteiger partial charge in [0.2, 0.25) is 11.8 Å². The molecule has 29 heavy (non-hydrogen) atoms. The topological polar surface area (TPSA) is 58.2 Å². The van der Waals surface area contributed by atoms with Crippen molar-refractivity contribution >= 4 is 11.8 Å². The second-order valence-corrected chi connectivity index (χ2v) is 11.5. The fraction of sp³-hybridized carbons (Fsp3) is 0.760. The first-order valence-corrected chi connectivity index (χ1v) is 11.4. The molecule has 0 heterocycles. The van der Waals surface area contributed by atoms with Gasteiger partial charge in [-0.3, -0.25) is 9.59 Å². The third-order valence-corrected chi connectivity index (χ3v) is 9.60. The molecule has 0 unspecified atom stereocenters. The highest BCUT2D eigenvalue weighted by Crippen LogP contribution is 2.66. The summed E-state index contributed by atoms with van der Waals surface area (Å²) in [6.45, 7) is 20.0. The molecule has 2 amide bonds. The fourth-order valence-electron chi connectivity index (χ4n) is 7.11. The van der Waals surface area contributed by atoms with Gasteiger partial charge >= 0.3 is 0 Å². The maximum Gasteiger partial charge on any atom is 0.230 e. The number of hydrogen-bond acceptors (Lipinski definition) is 2. The first-order valence-electron chi connectivity index (χ1n) is 11.4. The Labute approximate surface area is 176 Å². The Kier molecular flexibility index (Phi) is 4.43. The van der Waals surface area contributed by atoms with Gasteiger partial charge in [-0.25, -0.2) is 0 Å². The average Bonchev–Trinajstić information content (AvgIpc) is 3.37. The molecule has 4 aliphatic carbocycles. The molecule has 4 heteroatoms. The van der Waals surface area contributed by atoms with Gasteiger partial charge in [-0.2, -0.15) is 0 Å². The lowest BCUT2D eigenvalue weighted by Crippen LogP contribution is -2.50. The molecule has 160 valence electrons. The van der Waals surface area contributed by atoms with Crippen molar-refractivity contribution in [2.75, 3.05) is 6.54 Å². The normalized spacial score (nSPS) is 39.6. The number of nitrogens with one attached hydrogen (secondary N) is 2. The second-order valence-electron chi connectivity index (χ2n) is 11.5. The first kappa shape index (κ1) is 20.7. The minimum absolute atomic E-state index is 0.0425. The molecule has 0 radical (unpaired) electrons. The Balaban J connectivity index is 1.36. The van der Waals surface area contributed by atoms with E-state index in [4.69, 9.17) is 0 Å². The van der Waals surface area contributed by atoms with E-state index in [9.17, 15) is 9.59 Å². The van der Waals surface area contributed by atoms with Crippen LogP contribution in [-0.2, 0) is 9.59 Å². The van der Waals surface area contributed by atoms with Gasteiger partial charge < -0.3 is 10.6 Å². The van der Waals surface area contributed by atoms with Crippen LogP contribution in [0.2, 0.25) is 0 Å². The van der Waals surface area contributed by atoms with Crippen molar-refractivity contribution in [3.63, 3.8) is 0 Å². The van der Waals surface area contributed by atoms with Crippen molar-refractivity contribution in [1.29, 1.82) is 0 Å². The molecule has 0 aliphatic heterocycles. The smallest absolute Gasteiger partial charge is 0.230 e. The Bertz CT molecular complexity index is 795. The molecular formula is C25H38N2O2. The van der Waals surface area contributed by atoms with Gasteiger partial charge in [-0.15, -0.1) is 0 Å². The maximum atomic E-state index is 13.2. The summed E-state index contributed by atoms with van der Waals surface area (Å²) in [5.41, 5.74) is 1.46. The highest BCUT2D eigenvalue weighted by Gasteiger charge is 2.62. The summed E-state index contributed by atoms with van der Waals surface area (Å²) in [5.74, 6) is 1.32. The Hall–Kier alpha value is -1.58. The summed E-state index contributed by atoms with van der Waals surface area (Å²) >= 11 is 0. The van der Waals surface area contributed by atoms with E-state index < -0.39 is 10.8 Å². The Morgan fingerprint density at radius 2 is 1.38 bits per heavy atom. The van der Waals surface area contributed by atoms with Gasteiger partial charge in [0.05, 0.1) is 10.8 Å². The fourth-order valence-corrected chi connectivity index (χ4v) is 7.11. The Morgan fingerprint density at radius 1 is 0.931 bits per heavy atom. The van der Waals surface area contributed by atoms with Crippen molar-refractivity contribution in [1.82, 2.24) is 10.6 Å². The SMILES string of the molecule is C=C1C(C)(C)[C@H]2CC[C@@]1(C(=O)NC[C@H](C)NC(=O)[C@@]13CC[C@@H](C1)C(C)(C)C3=C)C2. The van der Waals surface area contributed by atoms with Gasteiger partial charge in [0.15, 0.2) is 0 Å². The molecule has 0 spiro atoms. The van der Waals surface area contributed by atoms with Crippen LogP contribution in [0.4, 0.5) is 0 Å². The largest absolute Gasteiger partial charge is 0.353 e. The summed E-state index contributed by atoms with van der Waals surface area (Å²) in [6.07, 6.45) is 5.86. The average molecular weight is 399 g/mol. The van der Waals surface area contributed by atoms with E-state index in [-0.39, 0.29) is 28.7 Å². The highest BCUT2D eigenvalue weighted by atomic mass is 16.2. The summed E-state index contributed by atoms with van der Waals surface area (Å²) in [6, 6.07) is -0.104. The van der Waals surface area contributed by atoms with Crippen LogP contribution in [0.5, 0.6) is 0 Å². The van der Waals surface area contributed by atoms with Crippen LogP contribution < -0.4 is 10.6 Å². The van der Waals surface area contributed by atoms with E-state index in [2.05, 4.69) is 51.5 Å². The zero-order valence-electron chi connectivity index (χ0n) is 18.9. The van der Waals surface area contributed by atoms with E-state index in [0.717, 1.165) is 49.7 Å². The van der Waals surface area contributed by atoms with Crippen molar-refractivity contribution in [2.45, 2.75) is 79.2 Å². The van der Waals surface area contributed by atoms with E-state index >= 15 is 0 Å². The van der Waals surface area contributed by atoms with Crippen LogP contribution >= 0.6 is 0 Å². The van der Waals surface area contributed by atoms with E-state index in [1.807, 2.05) is 6.92 Å². The second kappa shape index (κ2) is 6.21. The van der Waals surface area contributed by atoms with E-state index in [1.165, 1.54) is 0 Å². The summed E-state index contributed by atoms with van der Waals surface area (Å²) in [5, 5.41) is 6.32. The molecule has 0 aromatic rings. The van der Waals surface area contributed by atoms with Crippen LogP contribution in [-0.4, -0.2) is 24.4 Å². The maximum absolute atomic E-state index is 13.2. The van der Waals surface area contributed by atoms with Gasteiger partial charge in [-0.05, 0) is 68.1 Å². The zero-order chi connectivity index (χ0) is 21.4. The zero-order valence-corrected chi connectivity index (χ0v) is 18.9. The molecule has 4 aliphatic rings. The number of fused-ring (bicyclic) bond motifs is 4. The number of amides is 2. The number of rotatable bonds is 5. The van der Waals surface area contributed by atoms with Crippen molar-refractivity contribution in [2.24, 2.45) is 33.5 Å². The van der Waals surface area contributed by atoms with Gasteiger partial charge in [0.25, 0.3) is 0 Å². The minimum Gasteiger partial charge on any atom is -0.353 e. The van der Waals surface area contributed by atoms with E-state index in [0.29, 0.717) is 18.4 Å². The molecule has 4 nitrogen and oxygen atoms in total. The highest BCUT2D eigenvalue weighted by molar-refractivity contribution is 5.89. The van der Waals surface area contributed by atoms with Crippen LogP contribution in [0, 0.1) is 33.5 Å². The van der Waals surface area contributed by atoms with Gasteiger partial charge in [0, 0.05) is 12.6 Å². The first-order chi connectivity index (χ1) is 13.4. The number of carbonyl (C=O) groups excluding carboxylic acids is 2. The van der Waals surface area contributed by atoms with Crippen molar-refractivity contribution < 1.29 is 9.59 Å². The lowest BCUT2D eigenvalue weighted by molar-refractivity contribution is -0.131. The monoisotopic (exact) mass is 398 g/mol. The molecule has 5 atom stereocenters. The lowest BCUT2D eigenvalue weighted by atomic mass is 9.68. The molecule has 0 aromatic carbocycles. The minimum atomic E-state index is -0.409. The third kappa shape index (κ3) is 2.63. The molecule has 2 N–H and O–H groups in total. The number of hydrogen-bond donors (Lipinski definition) is 2. The predicted octanol–water partition coefficient (Wildman–Crippen LogP) is 4.37. The molecular weight excluding hydrogens is 360 g/mol. The van der Waals surface area contributed by atoms with Crippen LogP contribution in [0.1, 0.15) is 73.1 Å². The summed E-state index contributed by atoms with van der Waals surface area (Å²) < 4.78 is 0. The third-order valence-electron chi connectivity index (χ3n) is 9.60. The Morgan fingerprint density at radius 3 is 1.79 bits per heavy atom. The molecule has 0 aromatic heterocycles. The molecule has 4 saturated carbocycles. The van der Waals surface area contributed by atoms with Gasteiger partial charge in [-0.1, -0.05) is 52.0 Å². The summed E-state index contributed by atoms with van der Waals surface area (Å²) in [4.78, 5) is 26.3. The van der Waals surface area contributed by atoms with Crippen LogP contribution in [0.25, 0.3) is 0 Å². The molecule has 4 fully saturated rings. The predicted molar refractivity (Wildman–Crippen MR) is 116 cm³/mol. The summed E-state index contributed by atoms with van der Waals surface area (Å²) in [7, 11) is 0. The number of carbonyl (C=O) groups is 2. The van der Waals surface area contributed by atoms with Crippen LogP contribution in [0.15, 0.2) is 24.3 Å². The molecule has 4 rings (SSSR count).